The number of likely N-dealkylation sites (N-methyl/N-ethyl adjacent to an activating group) is 1. The largest absolute Gasteiger partial charge is 0.311 e. The first-order valence-electron chi connectivity index (χ1n) is 7.04. The van der Waals surface area contributed by atoms with E-state index in [-0.39, 0.29) is 0 Å². The van der Waals surface area contributed by atoms with Gasteiger partial charge in [-0.05, 0) is 49.4 Å². The zero-order chi connectivity index (χ0) is 14.4. The maximum Gasteiger partial charge on any atom is 0.0698 e. The number of halogens is 1. The molecular weight excluding hydrogens is 304 g/mol. The number of rotatable bonds is 8. The fourth-order valence-corrected chi connectivity index (χ4v) is 3.01. The predicted octanol–water partition coefficient (Wildman–Crippen LogP) is 2.90. The van der Waals surface area contributed by atoms with Crippen LogP contribution in [0.5, 0.6) is 0 Å². The van der Waals surface area contributed by atoms with Crippen LogP contribution in [0.1, 0.15) is 38.4 Å². The van der Waals surface area contributed by atoms with Crippen molar-refractivity contribution in [1.82, 2.24) is 20.0 Å². The van der Waals surface area contributed by atoms with Crippen molar-refractivity contribution in [2.75, 3.05) is 27.7 Å². The van der Waals surface area contributed by atoms with Gasteiger partial charge >= 0.3 is 0 Å². The molecule has 2 atom stereocenters. The lowest BCUT2D eigenvalue weighted by atomic mass is 9.94. The van der Waals surface area contributed by atoms with E-state index in [2.05, 4.69) is 63.9 Å². The van der Waals surface area contributed by atoms with Crippen LogP contribution in [0.3, 0.4) is 0 Å². The van der Waals surface area contributed by atoms with Crippen molar-refractivity contribution in [2.24, 2.45) is 5.92 Å². The Kier molecular flexibility index (Phi) is 7.04. The van der Waals surface area contributed by atoms with Crippen molar-refractivity contribution in [3.05, 3.63) is 16.4 Å². The van der Waals surface area contributed by atoms with Crippen molar-refractivity contribution in [1.29, 1.82) is 0 Å². The third-order valence-electron chi connectivity index (χ3n) is 3.51. The lowest BCUT2D eigenvalue weighted by Gasteiger charge is -2.25. The van der Waals surface area contributed by atoms with Crippen LogP contribution >= 0.6 is 15.9 Å². The molecule has 1 heterocycles. The molecule has 1 N–H and O–H groups in total. The summed E-state index contributed by atoms with van der Waals surface area (Å²) in [6, 6.07) is 0.346. The lowest BCUT2D eigenvalue weighted by Crippen LogP contribution is -2.28. The molecule has 0 spiro atoms. The van der Waals surface area contributed by atoms with E-state index >= 15 is 0 Å². The highest BCUT2D eigenvalue weighted by Gasteiger charge is 2.23. The van der Waals surface area contributed by atoms with Crippen molar-refractivity contribution >= 4 is 15.9 Å². The zero-order valence-electron chi connectivity index (χ0n) is 12.8. The van der Waals surface area contributed by atoms with Gasteiger partial charge in [-0.25, -0.2) is 0 Å². The van der Waals surface area contributed by atoms with Gasteiger partial charge in [0, 0.05) is 6.54 Å². The van der Waals surface area contributed by atoms with Gasteiger partial charge in [-0.1, -0.05) is 20.3 Å². The monoisotopic (exact) mass is 330 g/mol. The Hall–Kier alpha value is -0.390. The molecule has 2 unspecified atom stereocenters. The molecule has 0 fully saturated rings. The topological polar surface area (TPSA) is 33.1 Å². The van der Waals surface area contributed by atoms with Crippen LogP contribution in [0.15, 0.2) is 10.7 Å². The Balaban J connectivity index is 2.92. The molecule has 19 heavy (non-hydrogen) atoms. The summed E-state index contributed by atoms with van der Waals surface area (Å²) >= 11 is 3.65. The highest BCUT2D eigenvalue weighted by molar-refractivity contribution is 9.10. The first-order valence-corrected chi connectivity index (χ1v) is 7.83. The number of hydrogen-bond donors (Lipinski definition) is 1. The van der Waals surface area contributed by atoms with E-state index in [9.17, 15) is 0 Å². The molecule has 1 rings (SSSR count). The summed E-state index contributed by atoms with van der Waals surface area (Å²) in [5, 5.41) is 7.96. The number of hydrogen-bond acceptors (Lipinski definition) is 3. The Morgan fingerprint density at radius 1 is 1.47 bits per heavy atom. The van der Waals surface area contributed by atoms with Crippen LogP contribution in [0.4, 0.5) is 0 Å². The van der Waals surface area contributed by atoms with Gasteiger partial charge < -0.3 is 10.2 Å². The average Bonchev–Trinajstić information content (AvgIpc) is 2.70. The van der Waals surface area contributed by atoms with E-state index in [1.54, 1.807) is 0 Å². The molecule has 0 amide bonds. The minimum atomic E-state index is 0.346. The van der Waals surface area contributed by atoms with Crippen LogP contribution in [-0.2, 0) is 6.54 Å². The first-order chi connectivity index (χ1) is 9.01. The van der Waals surface area contributed by atoms with Gasteiger partial charge in [-0.2, -0.15) is 5.10 Å². The fraction of sp³-hybridized carbons (Fsp3) is 0.786. The summed E-state index contributed by atoms with van der Waals surface area (Å²) in [6.45, 7) is 6.46. The molecule has 1 aromatic rings. The SMILES string of the molecule is CCCC(C)C(NC)c1c(Br)cnn1CCN(C)C. The van der Waals surface area contributed by atoms with Crippen molar-refractivity contribution in [3.8, 4) is 0 Å². The van der Waals surface area contributed by atoms with E-state index in [4.69, 9.17) is 0 Å². The smallest absolute Gasteiger partial charge is 0.0698 e. The van der Waals surface area contributed by atoms with Crippen LogP contribution in [0, 0.1) is 5.92 Å². The van der Waals surface area contributed by atoms with Gasteiger partial charge in [-0.15, -0.1) is 0 Å². The molecule has 0 bridgehead atoms. The van der Waals surface area contributed by atoms with Crippen molar-refractivity contribution in [3.63, 3.8) is 0 Å². The molecule has 1 aromatic heterocycles. The quantitative estimate of drug-likeness (QED) is 0.795. The van der Waals surface area contributed by atoms with Crippen LogP contribution in [0.2, 0.25) is 0 Å². The first kappa shape index (κ1) is 16.7. The number of aromatic nitrogens is 2. The Bertz CT molecular complexity index is 376. The lowest BCUT2D eigenvalue weighted by molar-refractivity contribution is 0.334. The molecule has 0 aliphatic carbocycles. The summed E-state index contributed by atoms with van der Waals surface area (Å²) < 4.78 is 3.23. The number of nitrogens with zero attached hydrogens (tertiary/aromatic N) is 3. The fourth-order valence-electron chi connectivity index (χ4n) is 2.47. The molecular formula is C14H27BrN4. The number of nitrogens with one attached hydrogen (secondary N) is 1. The second kappa shape index (κ2) is 8.02. The van der Waals surface area contributed by atoms with Gasteiger partial charge in [-0.3, -0.25) is 4.68 Å². The van der Waals surface area contributed by atoms with Crippen LogP contribution < -0.4 is 5.32 Å². The Labute approximate surface area is 125 Å². The van der Waals surface area contributed by atoms with E-state index in [1.165, 1.54) is 18.5 Å². The average molecular weight is 331 g/mol. The van der Waals surface area contributed by atoms with E-state index in [0.717, 1.165) is 17.6 Å². The molecule has 0 saturated carbocycles. The van der Waals surface area contributed by atoms with Gasteiger partial charge in [0.2, 0.25) is 0 Å². The van der Waals surface area contributed by atoms with Gasteiger partial charge in [0.05, 0.1) is 29.0 Å². The summed E-state index contributed by atoms with van der Waals surface area (Å²) in [5.74, 6) is 0.598. The maximum atomic E-state index is 4.50. The molecule has 0 radical (unpaired) electrons. The minimum absolute atomic E-state index is 0.346. The van der Waals surface area contributed by atoms with Gasteiger partial charge in [0.1, 0.15) is 0 Å². The second-order valence-electron chi connectivity index (χ2n) is 5.44. The molecule has 5 heteroatoms. The van der Waals surface area contributed by atoms with E-state index in [1.807, 2.05) is 13.2 Å². The van der Waals surface area contributed by atoms with Crippen molar-refractivity contribution in [2.45, 2.75) is 39.3 Å². The molecule has 0 aliphatic rings. The summed E-state index contributed by atoms with van der Waals surface area (Å²) in [6.07, 6.45) is 4.34. The van der Waals surface area contributed by atoms with E-state index in [0.29, 0.717) is 12.0 Å². The standard InChI is InChI=1S/C14H27BrN4/c1-6-7-11(2)13(16-3)14-12(15)10-17-19(14)9-8-18(4)5/h10-11,13,16H,6-9H2,1-5H3. The maximum absolute atomic E-state index is 4.50. The van der Waals surface area contributed by atoms with Gasteiger partial charge in [0.25, 0.3) is 0 Å². The van der Waals surface area contributed by atoms with E-state index < -0.39 is 0 Å². The third kappa shape index (κ3) is 4.58. The molecule has 0 aliphatic heterocycles. The molecule has 4 nitrogen and oxygen atoms in total. The highest BCUT2D eigenvalue weighted by Crippen LogP contribution is 2.30. The molecule has 0 saturated heterocycles. The summed E-state index contributed by atoms with van der Waals surface area (Å²) in [5.41, 5.74) is 1.27. The van der Waals surface area contributed by atoms with Gasteiger partial charge in [0.15, 0.2) is 0 Å². The molecule has 0 aromatic carbocycles. The Morgan fingerprint density at radius 2 is 2.16 bits per heavy atom. The summed E-state index contributed by atoms with van der Waals surface area (Å²) in [4.78, 5) is 2.18. The van der Waals surface area contributed by atoms with Crippen molar-refractivity contribution < 1.29 is 0 Å². The normalized spacial score (nSPS) is 14.9. The Morgan fingerprint density at radius 3 is 2.68 bits per heavy atom. The second-order valence-corrected chi connectivity index (χ2v) is 6.29. The van der Waals surface area contributed by atoms with Crippen LogP contribution in [0.25, 0.3) is 0 Å². The highest BCUT2D eigenvalue weighted by atomic mass is 79.9. The van der Waals surface area contributed by atoms with Crippen LogP contribution in [-0.4, -0.2) is 42.4 Å². The summed E-state index contributed by atoms with van der Waals surface area (Å²) in [7, 11) is 6.22. The third-order valence-corrected chi connectivity index (χ3v) is 4.12. The minimum Gasteiger partial charge on any atom is -0.311 e. The predicted molar refractivity (Wildman–Crippen MR) is 84.4 cm³/mol. The zero-order valence-corrected chi connectivity index (χ0v) is 14.4. The molecule has 110 valence electrons.